The van der Waals surface area contributed by atoms with E-state index in [0.29, 0.717) is 18.0 Å². The number of carbonyl (C=O) groups excluding carboxylic acids is 2. The first kappa shape index (κ1) is 24.6. The Bertz CT molecular complexity index is 992. The van der Waals surface area contributed by atoms with Gasteiger partial charge < -0.3 is 5.32 Å². The Morgan fingerprint density at radius 3 is 2.27 bits per heavy atom. The summed E-state index contributed by atoms with van der Waals surface area (Å²) in [5.74, 6) is -0.380. The van der Waals surface area contributed by atoms with E-state index in [2.05, 4.69) is 27.8 Å². The number of unbranched alkanes of at least 4 members (excludes halogenated alkanes) is 5. The van der Waals surface area contributed by atoms with Crippen molar-refractivity contribution in [2.45, 2.75) is 64.3 Å². The third kappa shape index (κ3) is 8.42. The molecule has 3 rings (SSSR count). The zero-order chi connectivity index (χ0) is 23.3. The zero-order valence-corrected chi connectivity index (χ0v) is 19.9. The number of nitrogens with one attached hydrogen (secondary N) is 2. The van der Waals surface area contributed by atoms with E-state index in [0.717, 1.165) is 35.4 Å². The fourth-order valence-corrected chi connectivity index (χ4v) is 4.31. The van der Waals surface area contributed by atoms with E-state index < -0.39 is 6.04 Å². The molecule has 1 unspecified atom stereocenters. The summed E-state index contributed by atoms with van der Waals surface area (Å²) in [4.78, 5) is 25.6. The number of anilines is 1. The van der Waals surface area contributed by atoms with Gasteiger partial charge in [-0.15, -0.1) is 10.2 Å². The lowest BCUT2D eigenvalue weighted by atomic mass is 10.0. The van der Waals surface area contributed by atoms with Crippen LogP contribution in [0.25, 0.3) is 10.6 Å². The summed E-state index contributed by atoms with van der Waals surface area (Å²) < 4.78 is 0. The van der Waals surface area contributed by atoms with Gasteiger partial charge in [-0.2, -0.15) is 0 Å². The van der Waals surface area contributed by atoms with Crippen LogP contribution in [0.5, 0.6) is 0 Å². The molecule has 0 spiro atoms. The molecule has 1 heterocycles. The Hall–Kier alpha value is -3.06. The first-order chi connectivity index (χ1) is 16.2. The fourth-order valence-electron chi connectivity index (χ4n) is 3.56. The van der Waals surface area contributed by atoms with Crippen molar-refractivity contribution < 1.29 is 9.59 Å². The van der Waals surface area contributed by atoms with Crippen LogP contribution >= 0.6 is 11.3 Å². The van der Waals surface area contributed by atoms with E-state index in [1.165, 1.54) is 30.6 Å². The highest BCUT2D eigenvalue weighted by molar-refractivity contribution is 7.18. The third-order valence-corrected chi connectivity index (χ3v) is 6.26. The number of aromatic nitrogens is 2. The van der Waals surface area contributed by atoms with E-state index in [-0.39, 0.29) is 11.8 Å². The van der Waals surface area contributed by atoms with Gasteiger partial charge in [0.15, 0.2) is 0 Å². The van der Waals surface area contributed by atoms with Crippen LogP contribution in [-0.2, 0) is 16.0 Å². The van der Waals surface area contributed by atoms with Crippen LogP contribution < -0.4 is 10.6 Å². The van der Waals surface area contributed by atoms with Crippen LogP contribution in [-0.4, -0.2) is 28.1 Å². The number of carbonyl (C=O) groups is 2. The number of hydrogen-bond acceptors (Lipinski definition) is 5. The van der Waals surface area contributed by atoms with E-state index >= 15 is 0 Å². The zero-order valence-electron chi connectivity index (χ0n) is 19.1. The molecule has 7 heteroatoms. The van der Waals surface area contributed by atoms with Gasteiger partial charge in [0, 0.05) is 18.4 Å². The molecule has 0 radical (unpaired) electrons. The highest BCUT2D eigenvalue weighted by Crippen LogP contribution is 2.26. The summed E-state index contributed by atoms with van der Waals surface area (Å²) in [6.07, 6.45) is 7.53. The smallest absolute Gasteiger partial charge is 0.249 e. The van der Waals surface area contributed by atoms with Gasteiger partial charge in [0.2, 0.25) is 16.9 Å². The molecule has 2 aromatic carbocycles. The average Bonchev–Trinajstić information content (AvgIpc) is 3.30. The Kier molecular flexibility index (Phi) is 10.0. The van der Waals surface area contributed by atoms with Gasteiger partial charge in [-0.1, -0.05) is 111 Å². The van der Waals surface area contributed by atoms with Gasteiger partial charge in [0.05, 0.1) is 0 Å². The highest BCUT2D eigenvalue weighted by atomic mass is 32.1. The normalized spacial score (nSPS) is 11.7. The maximum absolute atomic E-state index is 13.1. The van der Waals surface area contributed by atoms with Crippen molar-refractivity contribution in [3.63, 3.8) is 0 Å². The van der Waals surface area contributed by atoms with E-state index in [1.54, 1.807) is 0 Å². The van der Waals surface area contributed by atoms with E-state index in [4.69, 9.17) is 0 Å². The predicted molar refractivity (Wildman–Crippen MR) is 134 cm³/mol. The summed E-state index contributed by atoms with van der Waals surface area (Å²) >= 11 is 1.31. The van der Waals surface area contributed by atoms with Crippen molar-refractivity contribution in [3.05, 3.63) is 66.2 Å². The molecule has 0 aliphatic heterocycles. The van der Waals surface area contributed by atoms with Crippen molar-refractivity contribution in [1.29, 1.82) is 0 Å². The van der Waals surface area contributed by atoms with Crippen molar-refractivity contribution in [3.8, 4) is 10.6 Å². The molecule has 0 aliphatic rings. The molecular formula is C26H32N4O2S. The Morgan fingerprint density at radius 2 is 1.55 bits per heavy atom. The lowest BCUT2D eigenvalue weighted by Crippen LogP contribution is -2.45. The van der Waals surface area contributed by atoms with Crippen LogP contribution in [0.1, 0.15) is 57.4 Å². The second-order valence-corrected chi connectivity index (χ2v) is 9.07. The molecule has 1 atom stereocenters. The second kappa shape index (κ2) is 13.5. The monoisotopic (exact) mass is 464 g/mol. The van der Waals surface area contributed by atoms with Gasteiger partial charge >= 0.3 is 0 Å². The SMILES string of the molecule is CCCCCCCCC(=O)NC(Cc1ccccc1)C(=O)Nc1nnc(-c2ccccc2)s1. The van der Waals surface area contributed by atoms with E-state index in [1.807, 2.05) is 60.7 Å². The molecule has 0 bridgehead atoms. The van der Waals surface area contributed by atoms with E-state index in [9.17, 15) is 9.59 Å². The predicted octanol–water partition coefficient (Wildman–Crippen LogP) is 5.62. The summed E-state index contributed by atoms with van der Waals surface area (Å²) in [5.41, 5.74) is 1.93. The second-order valence-electron chi connectivity index (χ2n) is 8.10. The number of benzene rings is 2. The molecular weight excluding hydrogens is 432 g/mol. The van der Waals surface area contributed by atoms with Gasteiger partial charge in [-0.05, 0) is 12.0 Å². The van der Waals surface area contributed by atoms with Gasteiger partial charge in [-0.3, -0.25) is 14.9 Å². The molecule has 33 heavy (non-hydrogen) atoms. The molecule has 0 fully saturated rings. The van der Waals surface area contributed by atoms with Crippen LogP contribution in [0.2, 0.25) is 0 Å². The topological polar surface area (TPSA) is 84.0 Å². The van der Waals surface area contributed by atoms with Crippen LogP contribution in [0.15, 0.2) is 60.7 Å². The molecule has 174 valence electrons. The maximum atomic E-state index is 13.1. The largest absolute Gasteiger partial charge is 0.344 e. The summed E-state index contributed by atoms with van der Waals surface area (Å²) in [6.45, 7) is 2.19. The van der Waals surface area contributed by atoms with Crippen LogP contribution in [0.3, 0.4) is 0 Å². The number of amides is 2. The molecule has 6 nitrogen and oxygen atoms in total. The number of hydrogen-bond donors (Lipinski definition) is 2. The minimum Gasteiger partial charge on any atom is -0.344 e. The summed E-state index contributed by atoms with van der Waals surface area (Å²) in [7, 11) is 0. The minimum absolute atomic E-state index is 0.0937. The summed E-state index contributed by atoms with van der Waals surface area (Å²) in [6, 6.07) is 18.7. The Morgan fingerprint density at radius 1 is 0.879 bits per heavy atom. The average molecular weight is 465 g/mol. The number of rotatable bonds is 13. The molecule has 0 saturated carbocycles. The first-order valence-corrected chi connectivity index (χ1v) is 12.5. The molecule has 2 amide bonds. The van der Waals surface area contributed by atoms with Crippen LogP contribution in [0.4, 0.5) is 5.13 Å². The standard InChI is InChI=1S/C26H32N4O2S/c1-2-3-4-5-6-13-18-23(31)27-22(19-20-14-9-7-10-15-20)24(32)28-26-30-29-25(33-26)21-16-11-8-12-17-21/h7-12,14-17,22H,2-6,13,18-19H2,1H3,(H,27,31)(H,28,30,32). The first-order valence-electron chi connectivity index (χ1n) is 11.7. The molecule has 3 aromatic rings. The van der Waals surface area contributed by atoms with Crippen molar-refractivity contribution in [2.24, 2.45) is 0 Å². The highest BCUT2D eigenvalue weighted by Gasteiger charge is 2.22. The van der Waals surface area contributed by atoms with Gasteiger partial charge in [0.1, 0.15) is 11.0 Å². The Balaban J connectivity index is 1.59. The Labute approximate surface area is 199 Å². The van der Waals surface area contributed by atoms with Gasteiger partial charge in [-0.25, -0.2) is 0 Å². The van der Waals surface area contributed by atoms with Crippen molar-refractivity contribution in [1.82, 2.24) is 15.5 Å². The van der Waals surface area contributed by atoms with Crippen LogP contribution in [0, 0.1) is 0 Å². The third-order valence-electron chi connectivity index (χ3n) is 5.37. The quantitative estimate of drug-likeness (QED) is 0.322. The summed E-state index contributed by atoms with van der Waals surface area (Å²) in [5, 5.41) is 15.2. The van der Waals surface area contributed by atoms with Crippen molar-refractivity contribution in [2.75, 3.05) is 5.32 Å². The number of nitrogens with zero attached hydrogens (tertiary/aromatic N) is 2. The molecule has 1 aromatic heterocycles. The maximum Gasteiger partial charge on any atom is 0.249 e. The fraction of sp³-hybridized carbons (Fsp3) is 0.385. The van der Waals surface area contributed by atoms with Crippen molar-refractivity contribution >= 4 is 28.3 Å². The lowest BCUT2D eigenvalue weighted by Gasteiger charge is -2.18. The lowest BCUT2D eigenvalue weighted by molar-refractivity contribution is -0.126. The molecule has 0 aliphatic carbocycles. The molecule has 0 saturated heterocycles. The van der Waals surface area contributed by atoms with Gasteiger partial charge in [0.25, 0.3) is 0 Å². The molecule has 2 N–H and O–H groups in total. The minimum atomic E-state index is -0.677.